The number of fused-ring (bicyclic) bond motifs is 1. The quantitative estimate of drug-likeness (QED) is 0.223. The molecule has 236 valence electrons. The van der Waals surface area contributed by atoms with Gasteiger partial charge in [0.25, 0.3) is 5.56 Å². The molecule has 46 heavy (non-hydrogen) atoms. The van der Waals surface area contributed by atoms with E-state index in [2.05, 4.69) is 65.7 Å². The van der Waals surface area contributed by atoms with E-state index in [4.69, 9.17) is 9.72 Å². The largest absolute Gasteiger partial charge is 0.361 e. The van der Waals surface area contributed by atoms with Crippen molar-refractivity contribution >= 4 is 11.2 Å². The molecule has 6 rings (SSSR count). The van der Waals surface area contributed by atoms with Gasteiger partial charge in [0.2, 0.25) is 0 Å². The summed E-state index contributed by atoms with van der Waals surface area (Å²) in [6.45, 7) is 10.4. The summed E-state index contributed by atoms with van der Waals surface area (Å²) in [6.07, 6.45) is -0.0451. The molecule has 0 spiro atoms. The van der Waals surface area contributed by atoms with Crippen molar-refractivity contribution in [3.05, 3.63) is 117 Å². The highest BCUT2D eigenvalue weighted by Gasteiger charge is 2.28. The van der Waals surface area contributed by atoms with Crippen LogP contribution in [0.5, 0.6) is 0 Å². The monoisotopic (exact) mass is 618 g/mol. The number of H-pyrrole nitrogens is 1. The molecule has 11 heteroatoms. The Labute approximate surface area is 266 Å². The lowest BCUT2D eigenvalue weighted by atomic mass is 9.92. The lowest BCUT2D eigenvalue weighted by Gasteiger charge is -2.21. The molecular formula is C35H38N8O3. The first-order chi connectivity index (χ1) is 22.1. The highest BCUT2D eigenvalue weighted by molar-refractivity contribution is 5.80. The van der Waals surface area contributed by atoms with Crippen LogP contribution in [0, 0.1) is 5.41 Å². The van der Waals surface area contributed by atoms with E-state index < -0.39 is 18.0 Å². The summed E-state index contributed by atoms with van der Waals surface area (Å²) in [5.41, 5.74) is 4.46. The SMILES string of the molecule is COC(C)n1c(=O)n(C(C)c2ccccc2)c(=O)c2c1nc(CC(C)(C)C)n2Cc1ccc(-c2ccccc2-c2nnn[nH]2)cc1. The van der Waals surface area contributed by atoms with E-state index in [0.717, 1.165) is 33.6 Å². The molecule has 3 heterocycles. The van der Waals surface area contributed by atoms with Crippen LogP contribution in [0.25, 0.3) is 33.7 Å². The third-order valence-corrected chi connectivity index (χ3v) is 8.29. The first kappa shape index (κ1) is 30.8. The van der Waals surface area contributed by atoms with Gasteiger partial charge in [-0.15, -0.1) is 5.10 Å². The Kier molecular flexibility index (Phi) is 8.26. The number of hydrogen-bond acceptors (Lipinski definition) is 7. The Morgan fingerprint density at radius 3 is 2.17 bits per heavy atom. The molecule has 6 aromatic rings. The minimum atomic E-state index is -0.644. The number of rotatable bonds is 9. The van der Waals surface area contributed by atoms with Gasteiger partial charge >= 0.3 is 5.69 Å². The van der Waals surface area contributed by atoms with Gasteiger partial charge in [-0.25, -0.2) is 19.4 Å². The van der Waals surface area contributed by atoms with Crippen LogP contribution in [-0.2, 0) is 17.7 Å². The molecule has 0 saturated carbocycles. The second-order valence-electron chi connectivity index (χ2n) is 12.8. The fraction of sp³-hybridized carbons (Fsp3) is 0.314. The number of aromatic nitrogens is 8. The Bertz CT molecular complexity index is 2090. The fourth-order valence-corrected chi connectivity index (χ4v) is 5.89. The lowest BCUT2D eigenvalue weighted by molar-refractivity contribution is 0.0583. The molecule has 1 N–H and O–H groups in total. The molecule has 11 nitrogen and oxygen atoms in total. The van der Waals surface area contributed by atoms with Crippen molar-refractivity contribution in [1.82, 2.24) is 39.3 Å². The standard InChI is InChI=1S/C35H38N8O3/c1-22(25-12-8-7-9-13-25)42-33(44)30-32(43(34(42)45)23(2)46-6)36-29(20-35(3,4)5)41(30)21-24-16-18-26(19-17-24)27-14-10-11-15-28(27)31-37-39-40-38-31/h7-19,22-23H,20-21H2,1-6H3,(H,37,38,39,40). The number of aromatic amines is 1. The van der Waals surface area contributed by atoms with Gasteiger partial charge in [-0.1, -0.05) is 99.6 Å². The molecule has 0 saturated heterocycles. The van der Waals surface area contributed by atoms with E-state index in [-0.39, 0.29) is 11.0 Å². The van der Waals surface area contributed by atoms with E-state index in [9.17, 15) is 9.59 Å². The topological polar surface area (TPSA) is 126 Å². The summed E-state index contributed by atoms with van der Waals surface area (Å²) in [5.74, 6) is 1.32. The van der Waals surface area contributed by atoms with Crippen molar-refractivity contribution in [2.45, 2.75) is 59.9 Å². The molecular weight excluding hydrogens is 580 g/mol. The van der Waals surface area contributed by atoms with Crippen molar-refractivity contribution < 1.29 is 4.74 Å². The summed E-state index contributed by atoms with van der Waals surface area (Å²) >= 11 is 0. The maximum Gasteiger partial charge on any atom is 0.335 e. The summed E-state index contributed by atoms with van der Waals surface area (Å²) in [7, 11) is 1.55. The predicted molar refractivity (Wildman–Crippen MR) is 178 cm³/mol. The zero-order chi connectivity index (χ0) is 32.6. The first-order valence-electron chi connectivity index (χ1n) is 15.3. The number of nitrogens with one attached hydrogen (secondary N) is 1. The van der Waals surface area contributed by atoms with Gasteiger partial charge in [-0.2, -0.15) is 0 Å². The highest BCUT2D eigenvalue weighted by atomic mass is 16.5. The zero-order valence-electron chi connectivity index (χ0n) is 26.9. The van der Waals surface area contributed by atoms with Gasteiger partial charge in [0, 0.05) is 25.6 Å². The number of imidazole rings is 1. The first-order valence-corrected chi connectivity index (χ1v) is 15.3. The van der Waals surface area contributed by atoms with Gasteiger partial charge < -0.3 is 9.30 Å². The smallest absolute Gasteiger partial charge is 0.335 e. The molecule has 0 aliphatic rings. The summed E-state index contributed by atoms with van der Waals surface area (Å²) in [4.78, 5) is 33.5. The predicted octanol–water partition coefficient (Wildman–Crippen LogP) is 5.62. The summed E-state index contributed by atoms with van der Waals surface area (Å²) < 4.78 is 10.4. The average Bonchev–Trinajstić information content (AvgIpc) is 3.70. The van der Waals surface area contributed by atoms with Crippen molar-refractivity contribution in [2.75, 3.05) is 7.11 Å². The number of benzene rings is 3. The number of nitrogens with zero attached hydrogens (tertiary/aromatic N) is 7. The van der Waals surface area contributed by atoms with Crippen LogP contribution in [-0.4, -0.2) is 46.4 Å². The van der Waals surface area contributed by atoms with Crippen LogP contribution in [0.2, 0.25) is 0 Å². The van der Waals surface area contributed by atoms with Gasteiger partial charge in [0.1, 0.15) is 12.1 Å². The van der Waals surface area contributed by atoms with Gasteiger partial charge in [0.05, 0.1) is 6.04 Å². The molecule has 0 amide bonds. The van der Waals surface area contributed by atoms with Crippen molar-refractivity contribution in [2.24, 2.45) is 5.41 Å². The Hall–Kier alpha value is -5.16. The van der Waals surface area contributed by atoms with Crippen molar-refractivity contribution in [3.63, 3.8) is 0 Å². The third-order valence-electron chi connectivity index (χ3n) is 8.29. The van der Waals surface area contributed by atoms with Gasteiger partial charge in [-0.3, -0.25) is 9.36 Å². The van der Waals surface area contributed by atoms with Crippen LogP contribution in [0.3, 0.4) is 0 Å². The molecule has 3 aromatic heterocycles. The molecule has 2 unspecified atom stereocenters. The summed E-state index contributed by atoms with van der Waals surface area (Å²) in [6, 6.07) is 25.2. The number of hydrogen-bond donors (Lipinski definition) is 1. The Morgan fingerprint density at radius 2 is 1.54 bits per heavy atom. The maximum absolute atomic E-state index is 14.4. The fourth-order valence-electron chi connectivity index (χ4n) is 5.89. The molecule has 2 atom stereocenters. The van der Waals surface area contributed by atoms with Gasteiger partial charge in [0.15, 0.2) is 17.0 Å². The molecule has 0 aliphatic heterocycles. The van der Waals surface area contributed by atoms with Crippen LogP contribution in [0.4, 0.5) is 0 Å². The molecule has 0 radical (unpaired) electrons. The van der Waals surface area contributed by atoms with Crippen LogP contribution in [0.15, 0.2) is 88.5 Å². The minimum Gasteiger partial charge on any atom is -0.361 e. The minimum absolute atomic E-state index is 0.128. The second kappa shape index (κ2) is 12.3. The van der Waals surface area contributed by atoms with Crippen LogP contribution in [0.1, 0.15) is 63.8 Å². The van der Waals surface area contributed by atoms with Gasteiger partial charge in [-0.05, 0) is 51.9 Å². The average molecular weight is 619 g/mol. The van der Waals surface area contributed by atoms with E-state index in [0.29, 0.717) is 30.0 Å². The third kappa shape index (κ3) is 5.81. The Morgan fingerprint density at radius 1 is 0.870 bits per heavy atom. The molecule has 0 aliphatic carbocycles. The number of ether oxygens (including phenoxy) is 1. The van der Waals surface area contributed by atoms with Crippen LogP contribution >= 0.6 is 0 Å². The normalized spacial score (nSPS) is 13.3. The molecule has 3 aromatic carbocycles. The van der Waals surface area contributed by atoms with E-state index in [1.807, 2.05) is 66.1 Å². The number of tetrazole rings is 1. The maximum atomic E-state index is 14.4. The molecule has 0 fully saturated rings. The van der Waals surface area contributed by atoms with Crippen molar-refractivity contribution in [3.8, 4) is 22.5 Å². The lowest BCUT2D eigenvalue weighted by Crippen LogP contribution is -2.43. The van der Waals surface area contributed by atoms with Crippen molar-refractivity contribution in [1.29, 1.82) is 0 Å². The zero-order valence-corrected chi connectivity index (χ0v) is 26.9. The molecule has 0 bridgehead atoms. The number of methoxy groups -OCH3 is 1. The van der Waals surface area contributed by atoms with E-state index in [1.165, 1.54) is 9.13 Å². The Balaban J connectivity index is 1.51. The highest BCUT2D eigenvalue weighted by Crippen LogP contribution is 2.31. The summed E-state index contributed by atoms with van der Waals surface area (Å²) in [5, 5.41) is 14.4. The van der Waals surface area contributed by atoms with E-state index in [1.54, 1.807) is 14.0 Å². The van der Waals surface area contributed by atoms with E-state index >= 15 is 0 Å². The second-order valence-corrected chi connectivity index (χ2v) is 12.8. The van der Waals surface area contributed by atoms with Crippen LogP contribution < -0.4 is 11.2 Å².